The molecule has 0 aliphatic carbocycles. The van der Waals surface area contributed by atoms with Gasteiger partial charge in [-0.2, -0.15) is 9.36 Å². The highest BCUT2D eigenvalue weighted by Crippen LogP contribution is 2.10. The molecule has 0 saturated carbocycles. The van der Waals surface area contributed by atoms with Crippen LogP contribution in [0.4, 0.5) is 11.1 Å². The molecule has 6 nitrogen and oxygen atoms in total. The van der Waals surface area contributed by atoms with Crippen molar-refractivity contribution in [3.63, 3.8) is 0 Å². The van der Waals surface area contributed by atoms with Crippen molar-refractivity contribution in [2.24, 2.45) is 5.92 Å². The molecule has 1 amide bonds. The summed E-state index contributed by atoms with van der Waals surface area (Å²) >= 11 is 1.14. The molecule has 0 atom stereocenters. The molecule has 1 rings (SSSR count). The van der Waals surface area contributed by atoms with Crippen LogP contribution in [-0.4, -0.2) is 28.4 Å². The molecule has 0 aromatic carbocycles. The van der Waals surface area contributed by atoms with E-state index in [9.17, 15) is 4.79 Å². The van der Waals surface area contributed by atoms with Gasteiger partial charge >= 0.3 is 0 Å². The third kappa shape index (κ3) is 4.59. The van der Waals surface area contributed by atoms with Gasteiger partial charge in [-0.05, 0) is 5.92 Å². The van der Waals surface area contributed by atoms with E-state index in [2.05, 4.69) is 20.0 Å². The lowest BCUT2D eigenvalue weighted by Crippen LogP contribution is -2.32. The van der Waals surface area contributed by atoms with Gasteiger partial charge in [0.2, 0.25) is 17.0 Å². The smallest absolute Gasteiger partial charge is 0.239 e. The maximum atomic E-state index is 11.3. The van der Waals surface area contributed by atoms with E-state index in [1.165, 1.54) is 0 Å². The molecular weight excluding hydrogens is 214 g/mol. The number of carbonyl (C=O) groups excluding carboxylic acids is 1. The zero-order valence-electron chi connectivity index (χ0n) is 8.78. The summed E-state index contributed by atoms with van der Waals surface area (Å²) in [5, 5.41) is 6.19. The minimum absolute atomic E-state index is 0.0579. The average Bonchev–Trinajstić information content (AvgIpc) is 2.58. The second-order valence-corrected chi connectivity index (χ2v) is 4.26. The summed E-state index contributed by atoms with van der Waals surface area (Å²) in [6, 6.07) is 0. The van der Waals surface area contributed by atoms with E-state index in [1.807, 2.05) is 13.8 Å². The zero-order valence-corrected chi connectivity index (χ0v) is 9.60. The predicted molar refractivity (Wildman–Crippen MR) is 60.7 cm³/mol. The molecule has 1 aromatic heterocycles. The van der Waals surface area contributed by atoms with Crippen LogP contribution in [0.15, 0.2) is 0 Å². The molecule has 0 bridgehead atoms. The molecule has 0 unspecified atom stereocenters. The number of aromatic nitrogens is 2. The quantitative estimate of drug-likeness (QED) is 0.675. The van der Waals surface area contributed by atoms with Crippen molar-refractivity contribution in [3.05, 3.63) is 0 Å². The van der Waals surface area contributed by atoms with Crippen molar-refractivity contribution in [1.29, 1.82) is 0 Å². The molecule has 0 aliphatic rings. The molecule has 0 fully saturated rings. The van der Waals surface area contributed by atoms with Crippen LogP contribution in [-0.2, 0) is 4.79 Å². The lowest BCUT2D eigenvalue weighted by atomic mass is 10.2. The van der Waals surface area contributed by atoms with E-state index in [0.29, 0.717) is 17.6 Å². The van der Waals surface area contributed by atoms with Gasteiger partial charge in [0.15, 0.2) is 0 Å². The first-order chi connectivity index (χ1) is 7.08. The summed E-state index contributed by atoms with van der Waals surface area (Å²) < 4.78 is 3.78. The molecule has 1 heterocycles. The second-order valence-electron chi connectivity index (χ2n) is 3.51. The van der Waals surface area contributed by atoms with E-state index in [4.69, 9.17) is 5.73 Å². The summed E-state index contributed by atoms with van der Waals surface area (Å²) in [6.07, 6.45) is 0. The van der Waals surface area contributed by atoms with E-state index < -0.39 is 0 Å². The number of carbonyl (C=O) groups is 1. The van der Waals surface area contributed by atoms with Gasteiger partial charge in [-0.15, -0.1) is 0 Å². The molecule has 4 N–H and O–H groups in total. The average molecular weight is 229 g/mol. The van der Waals surface area contributed by atoms with Crippen LogP contribution in [0.25, 0.3) is 0 Å². The van der Waals surface area contributed by atoms with Crippen molar-refractivity contribution in [3.8, 4) is 0 Å². The Labute approximate surface area is 92.4 Å². The van der Waals surface area contributed by atoms with Crippen LogP contribution >= 0.6 is 11.5 Å². The number of nitrogen functional groups attached to an aromatic ring is 1. The highest BCUT2D eigenvalue weighted by atomic mass is 32.1. The number of nitrogens with zero attached hydrogens (tertiary/aromatic N) is 2. The second kappa shape index (κ2) is 5.50. The SMILES string of the molecule is CC(C)CNC(=O)CNc1nc(N)ns1. The number of hydrogen-bond donors (Lipinski definition) is 3. The summed E-state index contributed by atoms with van der Waals surface area (Å²) in [7, 11) is 0. The van der Waals surface area contributed by atoms with Gasteiger partial charge in [0.1, 0.15) is 0 Å². The third-order valence-electron chi connectivity index (χ3n) is 1.55. The van der Waals surface area contributed by atoms with Crippen LogP contribution in [0.5, 0.6) is 0 Å². The standard InChI is InChI=1S/C8H15N5OS/c1-5(2)3-10-6(14)4-11-8-12-7(9)13-15-8/h5H,3-4H2,1-2H3,(H,10,14)(H3,9,11,12,13). The number of hydrogen-bond acceptors (Lipinski definition) is 6. The molecule has 7 heteroatoms. The van der Waals surface area contributed by atoms with E-state index in [-0.39, 0.29) is 18.4 Å². The first-order valence-corrected chi connectivity index (χ1v) is 5.45. The van der Waals surface area contributed by atoms with Gasteiger partial charge in [0.05, 0.1) is 6.54 Å². The van der Waals surface area contributed by atoms with Gasteiger partial charge in [0.25, 0.3) is 0 Å². The lowest BCUT2D eigenvalue weighted by Gasteiger charge is -2.07. The number of anilines is 2. The monoisotopic (exact) mass is 229 g/mol. The zero-order chi connectivity index (χ0) is 11.3. The minimum Gasteiger partial charge on any atom is -0.367 e. The summed E-state index contributed by atoms with van der Waals surface area (Å²) in [6.45, 7) is 4.96. The van der Waals surface area contributed by atoms with Crippen molar-refractivity contribution in [2.75, 3.05) is 24.1 Å². The van der Waals surface area contributed by atoms with E-state index >= 15 is 0 Å². The summed E-state index contributed by atoms with van der Waals surface area (Å²) in [5.74, 6) is 0.619. The number of nitrogens with one attached hydrogen (secondary N) is 2. The Balaban J connectivity index is 2.22. The van der Waals surface area contributed by atoms with Crippen LogP contribution in [0.3, 0.4) is 0 Å². The Kier molecular flexibility index (Phi) is 4.29. The number of nitrogens with two attached hydrogens (primary N) is 1. The highest BCUT2D eigenvalue weighted by molar-refractivity contribution is 7.09. The predicted octanol–water partition coefficient (Wildman–Crippen LogP) is 0.304. The van der Waals surface area contributed by atoms with Crippen LogP contribution < -0.4 is 16.4 Å². The largest absolute Gasteiger partial charge is 0.367 e. The topological polar surface area (TPSA) is 92.9 Å². The lowest BCUT2D eigenvalue weighted by molar-refractivity contribution is -0.119. The third-order valence-corrected chi connectivity index (χ3v) is 2.24. The first kappa shape index (κ1) is 11.7. The molecule has 84 valence electrons. The minimum atomic E-state index is -0.0579. The van der Waals surface area contributed by atoms with Crippen molar-refractivity contribution < 1.29 is 4.79 Å². The Hall–Kier alpha value is -1.37. The molecule has 1 aromatic rings. The molecule has 15 heavy (non-hydrogen) atoms. The Bertz CT molecular complexity index is 325. The number of amides is 1. The van der Waals surface area contributed by atoms with Crippen LogP contribution in [0.2, 0.25) is 0 Å². The molecule has 0 saturated heterocycles. The van der Waals surface area contributed by atoms with Gasteiger partial charge in [-0.1, -0.05) is 13.8 Å². The highest BCUT2D eigenvalue weighted by Gasteiger charge is 2.04. The Morgan fingerprint density at radius 1 is 1.60 bits per heavy atom. The first-order valence-electron chi connectivity index (χ1n) is 4.67. The van der Waals surface area contributed by atoms with Crippen LogP contribution in [0, 0.1) is 5.92 Å². The van der Waals surface area contributed by atoms with Gasteiger partial charge in [0, 0.05) is 18.1 Å². The summed E-state index contributed by atoms with van der Waals surface area (Å²) in [4.78, 5) is 15.2. The fourth-order valence-electron chi connectivity index (χ4n) is 0.843. The summed E-state index contributed by atoms with van der Waals surface area (Å²) in [5.41, 5.74) is 5.33. The normalized spacial score (nSPS) is 10.3. The number of rotatable bonds is 5. The molecular formula is C8H15N5OS. The Morgan fingerprint density at radius 2 is 2.33 bits per heavy atom. The fraction of sp³-hybridized carbons (Fsp3) is 0.625. The van der Waals surface area contributed by atoms with Crippen molar-refractivity contribution in [2.45, 2.75) is 13.8 Å². The van der Waals surface area contributed by atoms with E-state index in [1.54, 1.807) is 0 Å². The van der Waals surface area contributed by atoms with Gasteiger partial charge in [-0.25, -0.2) is 0 Å². The maximum Gasteiger partial charge on any atom is 0.239 e. The van der Waals surface area contributed by atoms with Crippen molar-refractivity contribution >= 4 is 28.5 Å². The van der Waals surface area contributed by atoms with Crippen molar-refractivity contribution in [1.82, 2.24) is 14.7 Å². The van der Waals surface area contributed by atoms with Gasteiger partial charge < -0.3 is 16.4 Å². The van der Waals surface area contributed by atoms with E-state index in [0.717, 1.165) is 11.5 Å². The van der Waals surface area contributed by atoms with Gasteiger partial charge in [-0.3, -0.25) is 4.79 Å². The Morgan fingerprint density at radius 3 is 2.87 bits per heavy atom. The maximum absolute atomic E-state index is 11.3. The van der Waals surface area contributed by atoms with Crippen LogP contribution in [0.1, 0.15) is 13.8 Å². The molecule has 0 aliphatic heterocycles. The molecule has 0 spiro atoms. The fourth-order valence-corrected chi connectivity index (χ4v) is 1.33. The molecule has 0 radical (unpaired) electrons.